The minimum absolute atomic E-state index is 0.227. The zero-order valence-corrected chi connectivity index (χ0v) is 8.66. The molecule has 3 nitrogen and oxygen atoms in total. The Morgan fingerprint density at radius 1 is 1.40 bits per heavy atom. The molecule has 1 amide bonds. The smallest absolute Gasteiger partial charge is 0.245 e. The van der Waals surface area contributed by atoms with Crippen LogP contribution in [0.2, 0.25) is 0 Å². The fourth-order valence-electron chi connectivity index (χ4n) is 1.05. The Kier molecular flexibility index (Phi) is 3.97. The highest BCUT2D eigenvalue weighted by Gasteiger charge is 2.05. The third-order valence-corrected chi connectivity index (χ3v) is 1.63. The molecule has 0 aromatic heterocycles. The highest BCUT2D eigenvalue weighted by atomic mass is 19.1. The molecule has 0 saturated heterocycles. The van der Waals surface area contributed by atoms with Crippen LogP contribution in [-0.4, -0.2) is 18.4 Å². The van der Waals surface area contributed by atoms with Gasteiger partial charge < -0.3 is 4.74 Å². The molecule has 15 heavy (non-hydrogen) atoms. The van der Waals surface area contributed by atoms with Crippen LogP contribution in [-0.2, 0) is 9.53 Å². The first-order chi connectivity index (χ1) is 7.13. The summed E-state index contributed by atoms with van der Waals surface area (Å²) >= 11 is 0. The van der Waals surface area contributed by atoms with Gasteiger partial charge in [-0.15, -0.1) is 0 Å². The Hall–Kier alpha value is -1.71. The highest BCUT2D eigenvalue weighted by Crippen LogP contribution is 2.05. The number of hydrogen-bond acceptors (Lipinski definition) is 2. The molecule has 0 spiro atoms. The number of carbonyl (C=O) groups is 1. The lowest BCUT2D eigenvalue weighted by molar-refractivity contribution is -0.115. The quantitative estimate of drug-likeness (QED) is 0.553. The van der Waals surface area contributed by atoms with Crippen molar-refractivity contribution >= 4 is 11.8 Å². The number of hydrogen-bond donors (Lipinski definition) is 0. The Bertz CT molecular complexity index is 371. The van der Waals surface area contributed by atoms with E-state index in [1.54, 1.807) is 6.92 Å². The summed E-state index contributed by atoms with van der Waals surface area (Å²) in [6.45, 7) is 3.53. The summed E-state index contributed by atoms with van der Waals surface area (Å²) in [7, 11) is 0. The van der Waals surface area contributed by atoms with E-state index in [1.165, 1.54) is 31.2 Å². The number of rotatable bonds is 2. The minimum Gasteiger partial charge on any atom is -0.477 e. The van der Waals surface area contributed by atoms with E-state index in [-0.39, 0.29) is 17.6 Å². The highest BCUT2D eigenvalue weighted by molar-refractivity contribution is 6.00. The molecule has 0 bridgehead atoms. The zero-order valence-electron chi connectivity index (χ0n) is 8.66. The van der Waals surface area contributed by atoms with Crippen molar-refractivity contribution < 1.29 is 13.9 Å². The van der Waals surface area contributed by atoms with Gasteiger partial charge in [0.15, 0.2) is 0 Å². The number of benzene rings is 1. The molecule has 4 heteroatoms. The van der Waals surface area contributed by atoms with Crippen molar-refractivity contribution in [2.24, 2.45) is 4.99 Å². The van der Waals surface area contributed by atoms with E-state index in [2.05, 4.69) is 4.99 Å². The lowest BCUT2D eigenvalue weighted by Gasteiger charge is -2.06. The van der Waals surface area contributed by atoms with E-state index in [4.69, 9.17) is 4.74 Å². The zero-order chi connectivity index (χ0) is 11.3. The van der Waals surface area contributed by atoms with Crippen molar-refractivity contribution in [1.29, 1.82) is 0 Å². The maximum atomic E-state index is 12.7. The van der Waals surface area contributed by atoms with Crippen LogP contribution in [0.4, 0.5) is 4.39 Å². The number of carbonyl (C=O) groups excluding carboxylic acids is 1. The van der Waals surface area contributed by atoms with Gasteiger partial charge in [0.25, 0.3) is 0 Å². The van der Waals surface area contributed by atoms with Crippen LogP contribution in [0.15, 0.2) is 29.3 Å². The van der Waals surface area contributed by atoms with Gasteiger partial charge in [-0.3, -0.25) is 4.79 Å². The lowest BCUT2D eigenvalue weighted by Crippen LogP contribution is -2.08. The summed E-state index contributed by atoms with van der Waals surface area (Å²) < 4.78 is 17.8. The summed E-state index contributed by atoms with van der Waals surface area (Å²) in [6.07, 6.45) is 0. The summed E-state index contributed by atoms with van der Waals surface area (Å²) in [5, 5.41) is 0. The Labute approximate surface area is 87.6 Å². The molecular formula is C11H12FNO2. The molecule has 0 N–H and O–H groups in total. The third-order valence-electron chi connectivity index (χ3n) is 1.63. The predicted octanol–water partition coefficient (Wildman–Crippen LogP) is 2.16. The van der Waals surface area contributed by atoms with Crippen molar-refractivity contribution in [2.45, 2.75) is 13.8 Å². The normalized spacial score (nSPS) is 11.3. The van der Waals surface area contributed by atoms with Crippen LogP contribution in [0.5, 0.6) is 0 Å². The Balaban J connectivity index is 2.99. The summed E-state index contributed by atoms with van der Waals surface area (Å²) in [4.78, 5) is 14.5. The second kappa shape index (κ2) is 5.24. The molecule has 0 aliphatic rings. The van der Waals surface area contributed by atoms with E-state index in [0.717, 1.165) is 0 Å². The Morgan fingerprint density at radius 2 is 2.00 bits per heavy atom. The molecule has 0 saturated carbocycles. The van der Waals surface area contributed by atoms with Crippen molar-refractivity contribution in [3.8, 4) is 0 Å². The van der Waals surface area contributed by atoms with Crippen molar-refractivity contribution in [2.75, 3.05) is 6.61 Å². The maximum absolute atomic E-state index is 12.7. The average Bonchev–Trinajstić information content (AvgIpc) is 2.17. The summed E-state index contributed by atoms with van der Waals surface area (Å²) in [5.41, 5.74) is 0.591. The predicted molar refractivity (Wildman–Crippen MR) is 55.2 cm³/mol. The number of nitrogens with zero attached hydrogens (tertiary/aromatic N) is 1. The van der Waals surface area contributed by atoms with Crippen LogP contribution >= 0.6 is 0 Å². The first-order valence-electron chi connectivity index (χ1n) is 4.61. The number of amides is 1. The molecule has 0 aliphatic carbocycles. The third kappa shape index (κ3) is 3.50. The van der Waals surface area contributed by atoms with E-state index in [9.17, 15) is 9.18 Å². The van der Waals surface area contributed by atoms with Crippen molar-refractivity contribution in [3.63, 3.8) is 0 Å². The van der Waals surface area contributed by atoms with Crippen LogP contribution in [0.25, 0.3) is 0 Å². The molecule has 0 aliphatic heterocycles. The molecule has 0 unspecified atom stereocenters. The number of ether oxygens (including phenoxy) is 1. The second-order valence-electron chi connectivity index (χ2n) is 2.88. The van der Waals surface area contributed by atoms with E-state index in [0.29, 0.717) is 12.2 Å². The molecule has 0 heterocycles. The van der Waals surface area contributed by atoms with E-state index in [1.807, 2.05) is 0 Å². The van der Waals surface area contributed by atoms with Crippen LogP contribution in [0.3, 0.4) is 0 Å². The Morgan fingerprint density at radius 3 is 2.47 bits per heavy atom. The maximum Gasteiger partial charge on any atom is 0.245 e. The molecular weight excluding hydrogens is 197 g/mol. The second-order valence-corrected chi connectivity index (χ2v) is 2.88. The van der Waals surface area contributed by atoms with E-state index >= 15 is 0 Å². The first-order valence-corrected chi connectivity index (χ1v) is 4.61. The molecule has 1 aromatic rings. The topological polar surface area (TPSA) is 38.7 Å². The van der Waals surface area contributed by atoms with Gasteiger partial charge in [0, 0.05) is 12.5 Å². The molecule has 0 radical (unpaired) electrons. The van der Waals surface area contributed by atoms with Gasteiger partial charge in [-0.2, -0.15) is 4.99 Å². The fourth-order valence-corrected chi connectivity index (χ4v) is 1.05. The monoisotopic (exact) mass is 209 g/mol. The molecule has 0 fully saturated rings. The van der Waals surface area contributed by atoms with Gasteiger partial charge in [0.05, 0.1) is 6.61 Å². The van der Waals surface area contributed by atoms with Crippen molar-refractivity contribution in [3.05, 3.63) is 35.6 Å². The molecule has 1 aromatic carbocycles. The first kappa shape index (κ1) is 11.4. The van der Waals surface area contributed by atoms with Gasteiger partial charge in [0.1, 0.15) is 5.82 Å². The fraction of sp³-hybridized carbons (Fsp3) is 0.273. The average molecular weight is 209 g/mol. The molecule has 1 rings (SSSR count). The lowest BCUT2D eigenvalue weighted by atomic mass is 10.2. The molecule has 80 valence electrons. The van der Waals surface area contributed by atoms with Gasteiger partial charge >= 0.3 is 0 Å². The summed E-state index contributed by atoms with van der Waals surface area (Å²) in [5.74, 6) is -0.454. The summed E-state index contributed by atoms with van der Waals surface area (Å²) in [6, 6.07) is 5.63. The van der Waals surface area contributed by atoms with E-state index < -0.39 is 0 Å². The largest absolute Gasteiger partial charge is 0.477 e. The number of aliphatic imine (C=N–C) groups is 1. The van der Waals surface area contributed by atoms with Crippen LogP contribution in [0, 0.1) is 5.82 Å². The van der Waals surface area contributed by atoms with Gasteiger partial charge in [-0.1, -0.05) is 0 Å². The number of halogens is 1. The minimum atomic E-state index is -0.345. The van der Waals surface area contributed by atoms with Gasteiger partial charge in [-0.25, -0.2) is 4.39 Å². The standard InChI is InChI=1S/C11H12FNO2/c1-3-15-11(13-8(2)14)9-4-6-10(12)7-5-9/h4-7H,3H2,1-2H3. The van der Waals surface area contributed by atoms with Crippen molar-refractivity contribution in [1.82, 2.24) is 0 Å². The SMILES string of the molecule is CCOC(=NC(C)=O)c1ccc(F)cc1. The van der Waals surface area contributed by atoms with Crippen LogP contribution < -0.4 is 0 Å². The van der Waals surface area contributed by atoms with Crippen LogP contribution in [0.1, 0.15) is 19.4 Å². The molecule has 0 atom stereocenters. The van der Waals surface area contributed by atoms with Gasteiger partial charge in [0.2, 0.25) is 11.8 Å². The van der Waals surface area contributed by atoms with Gasteiger partial charge in [-0.05, 0) is 31.2 Å².